The predicted octanol–water partition coefficient (Wildman–Crippen LogP) is 4.75. The van der Waals surface area contributed by atoms with E-state index in [1.54, 1.807) is 0 Å². The first-order valence-electron chi connectivity index (χ1n) is 3.31. The van der Waals surface area contributed by atoms with Gasteiger partial charge < -0.3 is 0 Å². The fourth-order valence-corrected chi connectivity index (χ4v) is 0.905. The summed E-state index contributed by atoms with van der Waals surface area (Å²) >= 11 is 13.3. The summed E-state index contributed by atoms with van der Waals surface area (Å²) in [5.41, 5.74) is 0. The van der Waals surface area contributed by atoms with E-state index in [0.717, 1.165) is 0 Å². The van der Waals surface area contributed by atoms with Gasteiger partial charge in [-0.25, -0.2) is 8.78 Å². The van der Waals surface area contributed by atoms with Gasteiger partial charge in [0.05, 0.1) is 5.03 Å². The van der Waals surface area contributed by atoms with Crippen molar-refractivity contribution in [2.24, 2.45) is 0 Å². The lowest BCUT2D eigenvalue weighted by Gasteiger charge is -2.32. The van der Waals surface area contributed by atoms with E-state index in [2.05, 4.69) is 34.8 Å². The average Bonchev–Trinajstić information content (AvgIpc) is 2.13. The van der Waals surface area contributed by atoms with Crippen LogP contribution < -0.4 is 0 Å². The van der Waals surface area contributed by atoms with Crippen molar-refractivity contribution in [3.8, 4) is 0 Å². The molecule has 0 aliphatic carbocycles. The Morgan fingerprint density at radius 1 is 1.06 bits per heavy atom. The van der Waals surface area contributed by atoms with Gasteiger partial charge in [-0.1, -0.05) is 34.8 Å². The van der Waals surface area contributed by atoms with Crippen LogP contribution in [0.15, 0.2) is 11.4 Å². The second-order valence-electron chi connectivity index (χ2n) is 2.55. The molecule has 0 nitrogen and oxygen atoms in total. The molecule has 0 saturated heterocycles. The maximum absolute atomic E-state index is 12.9. The van der Waals surface area contributed by atoms with Crippen LogP contribution in [0.3, 0.4) is 0 Å². The molecular formula is C6H2Cl3F7. The molecular weight excluding hydrogens is 311 g/mol. The van der Waals surface area contributed by atoms with E-state index in [1.165, 1.54) is 0 Å². The van der Waals surface area contributed by atoms with Crippen molar-refractivity contribution < 1.29 is 30.7 Å². The molecule has 0 rings (SSSR count). The molecule has 0 bridgehead atoms. The van der Waals surface area contributed by atoms with Crippen LogP contribution in [-0.2, 0) is 0 Å². The topological polar surface area (TPSA) is 0 Å². The lowest BCUT2D eigenvalue weighted by Crippen LogP contribution is -2.55. The molecule has 0 amide bonds. The van der Waals surface area contributed by atoms with Gasteiger partial charge in [0, 0.05) is 0 Å². The maximum Gasteiger partial charge on any atom is 0.427 e. The van der Waals surface area contributed by atoms with Gasteiger partial charge in [-0.15, -0.1) is 0 Å². The molecule has 1 unspecified atom stereocenters. The molecule has 0 spiro atoms. The molecule has 0 heterocycles. The molecule has 0 aliphatic heterocycles. The van der Waals surface area contributed by atoms with Gasteiger partial charge in [-0.05, 0) is 0 Å². The van der Waals surface area contributed by atoms with E-state index in [9.17, 15) is 30.7 Å². The Labute approximate surface area is 99.9 Å². The Balaban J connectivity index is 5.36. The van der Waals surface area contributed by atoms with Crippen molar-refractivity contribution in [3.63, 3.8) is 0 Å². The van der Waals surface area contributed by atoms with E-state index in [-0.39, 0.29) is 0 Å². The van der Waals surface area contributed by atoms with Gasteiger partial charge in [-0.2, -0.15) is 22.0 Å². The summed E-state index contributed by atoms with van der Waals surface area (Å²) < 4.78 is 81.4. The van der Waals surface area contributed by atoms with E-state index in [4.69, 9.17) is 0 Å². The summed E-state index contributed by atoms with van der Waals surface area (Å²) in [4.78, 5) is 0. The molecule has 0 saturated carbocycles. The van der Waals surface area contributed by atoms with Crippen LogP contribution in [-0.4, -0.2) is 22.6 Å². The van der Waals surface area contributed by atoms with Gasteiger partial charge in [0.1, 0.15) is 6.33 Å². The van der Waals surface area contributed by atoms with Crippen molar-refractivity contribution in [3.05, 3.63) is 11.4 Å². The first-order chi connectivity index (χ1) is 6.89. The minimum absolute atomic E-state index is 0.819. The van der Waals surface area contributed by atoms with Crippen molar-refractivity contribution >= 4 is 34.8 Å². The zero-order valence-corrected chi connectivity index (χ0v) is 9.20. The minimum Gasteiger partial charge on any atom is -0.234 e. The lowest BCUT2D eigenvalue weighted by atomic mass is 10.1. The van der Waals surface area contributed by atoms with Crippen LogP contribution in [0.25, 0.3) is 0 Å². The van der Waals surface area contributed by atoms with Gasteiger partial charge in [0.25, 0.3) is 4.33 Å². The van der Waals surface area contributed by atoms with Gasteiger partial charge in [-0.3, -0.25) is 0 Å². The SMILES string of the molecule is FC=C(Cl)C(F)C(F)(F)C(Cl)(Cl)C(F)(F)F. The van der Waals surface area contributed by atoms with E-state index >= 15 is 0 Å². The number of alkyl halides is 8. The number of rotatable bonds is 3. The molecule has 0 aromatic carbocycles. The molecule has 0 radical (unpaired) electrons. The molecule has 0 aromatic heterocycles. The molecule has 0 N–H and O–H groups in total. The van der Waals surface area contributed by atoms with Gasteiger partial charge in [0.15, 0.2) is 0 Å². The Morgan fingerprint density at radius 3 is 1.69 bits per heavy atom. The van der Waals surface area contributed by atoms with Crippen LogP contribution in [0.4, 0.5) is 30.7 Å². The highest BCUT2D eigenvalue weighted by atomic mass is 35.5. The molecule has 1 atom stereocenters. The minimum atomic E-state index is -5.82. The third kappa shape index (κ3) is 2.68. The first kappa shape index (κ1) is 16.1. The molecule has 16 heavy (non-hydrogen) atoms. The fourth-order valence-electron chi connectivity index (χ4n) is 0.577. The van der Waals surface area contributed by atoms with Crippen molar-refractivity contribution in [1.82, 2.24) is 0 Å². The van der Waals surface area contributed by atoms with Crippen molar-refractivity contribution in [2.75, 3.05) is 0 Å². The van der Waals surface area contributed by atoms with E-state index < -0.39 is 34.0 Å². The quantitative estimate of drug-likeness (QED) is 0.521. The second-order valence-corrected chi connectivity index (χ2v) is 4.32. The monoisotopic (exact) mass is 312 g/mol. The first-order valence-corrected chi connectivity index (χ1v) is 4.45. The van der Waals surface area contributed by atoms with E-state index in [1.807, 2.05) is 0 Å². The average molecular weight is 313 g/mol. The van der Waals surface area contributed by atoms with Gasteiger partial charge in [0.2, 0.25) is 6.17 Å². The van der Waals surface area contributed by atoms with E-state index in [0.29, 0.717) is 0 Å². The molecule has 0 aliphatic rings. The zero-order valence-electron chi connectivity index (χ0n) is 6.93. The van der Waals surface area contributed by atoms with Crippen LogP contribution >= 0.6 is 34.8 Å². The number of allylic oxidation sites excluding steroid dienone is 1. The Kier molecular flexibility index (Phi) is 4.81. The third-order valence-corrected chi connectivity index (χ3v) is 2.65. The highest BCUT2D eigenvalue weighted by molar-refractivity contribution is 6.50. The predicted molar refractivity (Wildman–Crippen MR) is 45.4 cm³/mol. The molecule has 0 aromatic rings. The third-order valence-electron chi connectivity index (χ3n) is 1.44. The maximum atomic E-state index is 12.9. The van der Waals surface area contributed by atoms with Crippen LogP contribution in [0.2, 0.25) is 0 Å². The highest BCUT2D eigenvalue weighted by Gasteiger charge is 2.72. The second kappa shape index (κ2) is 4.78. The Bertz CT molecular complexity index is 282. The summed E-state index contributed by atoms with van der Waals surface area (Å²) in [6, 6.07) is 0. The summed E-state index contributed by atoms with van der Waals surface area (Å²) in [6.07, 6.45) is -10.5. The molecule has 10 heteroatoms. The summed E-state index contributed by atoms with van der Waals surface area (Å²) in [7, 11) is 0. The normalized spacial score (nSPS) is 17.5. The Morgan fingerprint density at radius 2 is 1.44 bits per heavy atom. The van der Waals surface area contributed by atoms with Crippen LogP contribution in [0, 0.1) is 0 Å². The summed E-state index contributed by atoms with van der Waals surface area (Å²) in [5.74, 6) is -5.34. The van der Waals surface area contributed by atoms with Crippen molar-refractivity contribution in [2.45, 2.75) is 22.6 Å². The lowest BCUT2D eigenvalue weighted by molar-refractivity contribution is -0.209. The smallest absolute Gasteiger partial charge is 0.234 e. The van der Waals surface area contributed by atoms with Crippen LogP contribution in [0.5, 0.6) is 0 Å². The largest absolute Gasteiger partial charge is 0.427 e. The highest BCUT2D eigenvalue weighted by Crippen LogP contribution is 2.53. The van der Waals surface area contributed by atoms with Crippen LogP contribution in [0.1, 0.15) is 0 Å². The summed E-state index contributed by atoms with van der Waals surface area (Å²) in [5, 5.41) is -1.78. The zero-order chi connectivity index (χ0) is 13.4. The summed E-state index contributed by atoms with van der Waals surface area (Å²) in [6.45, 7) is 0. The number of halogens is 10. The fraction of sp³-hybridized carbons (Fsp3) is 0.667. The molecule has 0 fully saturated rings. The standard InChI is InChI=1S/C6H2Cl3F7/c7-2(1-10)3(11)4(12,13)5(8,9)6(14,15)16/h1,3H. The van der Waals surface area contributed by atoms with Gasteiger partial charge >= 0.3 is 12.1 Å². The number of hydrogen-bond donors (Lipinski definition) is 0. The number of hydrogen-bond acceptors (Lipinski definition) is 0. The Hall–Kier alpha value is 0.120. The molecule has 96 valence electrons. The van der Waals surface area contributed by atoms with Crippen molar-refractivity contribution in [1.29, 1.82) is 0 Å².